The first-order valence-corrected chi connectivity index (χ1v) is 6.52. The zero-order valence-electron chi connectivity index (χ0n) is 11.1. The van der Waals surface area contributed by atoms with E-state index in [1.165, 1.54) is 5.57 Å². The molecule has 0 bridgehead atoms. The van der Waals surface area contributed by atoms with Gasteiger partial charge in [0.25, 0.3) is 0 Å². The number of hydrogen-bond acceptors (Lipinski definition) is 4. The molecule has 0 saturated carbocycles. The Balaban J connectivity index is 1.85. The van der Waals surface area contributed by atoms with Gasteiger partial charge in [-0.25, -0.2) is 0 Å². The van der Waals surface area contributed by atoms with Crippen molar-refractivity contribution in [3.05, 3.63) is 35.9 Å². The van der Waals surface area contributed by atoms with Gasteiger partial charge < -0.3 is 14.8 Å². The topological polar surface area (TPSA) is 47.6 Å². The number of para-hydroxylation sites is 2. The third-order valence-corrected chi connectivity index (χ3v) is 3.05. The lowest BCUT2D eigenvalue weighted by Crippen LogP contribution is -2.22. The highest BCUT2D eigenvalue weighted by Gasteiger charge is 2.11. The fourth-order valence-corrected chi connectivity index (χ4v) is 2.03. The molecule has 0 amide bonds. The Hall–Kier alpha value is -1.81. The number of methoxy groups -OCH3 is 1. The van der Waals surface area contributed by atoms with Crippen molar-refractivity contribution < 1.29 is 14.3 Å². The maximum absolute atomic E-state index is 11.8. The van der Waals surface area contributed by atoms with Crippen LogP contribution >= 0.6 is 0 Å². The number of nitrogens with one attached hydrogen (secondary N) is 1. The third kappa shape index (κ3) is 4.10. The summed E-state index contributed by atoms with van der Waals surface area (Å²) in [5.74, 6) is 0.830. The molecule has 102 valence electrons. The largest absolute Gasteiger partial charge is 0.493 e. The van der Waals surface area contributed by atoms with Gasteiger partial charge in [-0.1, -0.05) is 23.8 Å². The van der Waals surface area contributed by atoms with E-state index in [9.17, 15) is 4.79 Å². The highest BCUT2D eigenvalue weighted by atomic mass is 16.6. The van der Waals surface area contributed by atoms with E-state index in [2.05, 4.69) is 11.4 Å². The maximum atomic E-state index is 11.8. The number of carbonyl (C=O) groups excluding carboxylic acids is 1. The zero-order valence-corrected chi connectivity index (χ0v) is 11.1. The van der Waals surface area contributed by atoms with Gasteiger partial charge in [-0.05, 0) is 31.5 Å². The molecule has 0 aliphatic carbocycles. The number of carbonyl (C=O) groups is 1. The van der Waals surface area contributed by atoms with Crippen LogP contribution in [0.1, 0.15) is 19.3 Å². The van der Waals surface area contributed by atoms with Crippen molar-refractivity contribution in [1.29, 1.82) is 0 Å². The highest BCUT2D eigenvalue weighted by Crippen LogP contribution is 2.26. The first-order valence-electron chi connectivity index (χ1n) is 6.52. The lowest BCUT2D eigenvalue weighted by Gasteiger charge is -2.14. The van der Waals surface area contributed by atoms with Gasteiger partial charge in [0.15, 0.2) is 11.5 Å². The Kier molecular flexibility index (Phi) is 4.98. The summed E-state index contributed by atoms with van der Waals surface area (Å²) < 4.78 is 10.5. The van der Waals surface area contributed by atoms with Crippen LogP contribution in [0.3, 0.4) is 0 Å². The normalized spacial score (nSPS) is 14.7. The molecule has 0 aromatic heterocycles. The molecule has 4 nitrogen and oxygen atoms in total. The summed E-state index contributed by atoms with van der Waals surface area (Å²) in [7, 11) is 1.56. The van der Waals surface area contributed by atoms with Crippen molar-refractivity contribution in [3.8, 4) is 11.5 Å². The number of hydrogen-bond donors (Lipinski definition) is 1. The van der Waals surface area contributed by atoms with Crippen molar-refractivity contribution in [2.45, 2.75) is 19.3 Å². The van der Waals surface area contributed by atoms with Gasteiger partial charge in [-0.15, -0.1) is 0 Å². The summed E-state index contributed by atoms with van der Waals surface area (Å²) in [6.07, 6.45) is 4.39. The average Bonchev–Trinajstić information content (AvgIpc) is 2.47. The summed E-state index contributed by atoms with van der Waals surface area (Å²) in [6, 6.07) is 7.17. The molecule has 0 fully saturated rings. The van der Waals surface area contributed by atoms with Gasteiger partial charge in [0.2, 0.25) is 0 Å². The Labute approximate surface area is 113 Å². The Morgan fingerprint density at radius 1 is 1.32 bits per heavy atom. The molecule has 1 aromatic carbocycles. The van der Waals surface area contributed by atoms with E-state index in [1.54, 1.807) is 19.2 Å². The summed E-state index contributed by atoms with van der Waals surface area (Å²) in [4.78, 5) is 11.8. The lowest BCUT2D eigenvalue weighted by atomic mass is 10.1. The zero-order chi connectivity index (χ0) is 13.5. The predicted octanol–water partition coefficient (Wildman–Crippen LogP) is 2.30. The molecule has 1 aromatic rings. The second kappa shape index (κ2) is 6.95. The van der Waals surface area contributed by atoms with Gasteiger partial charge in [0.1, 0.15) is 0 Å². The summed E-state index contributed by atoms with van der Waals surface area (Å²) in [5, 5.41) is 3.29. The molecule has 0 atom stereocenters. The van der Waals surface area contributed by atoms with Crippen molar-refractivity contribution in [2.75, 3.05) is 20.2 Å². The van der Waals surface area contributed by atoms with Crippen LogP contribution in [0.25, 0.3) is 0 Å². The van der Waals surface area contributed by atoms with Gasteiger partial charge in [-0.2, -0.15) is 0 Å². The second-order valence-corrected chi connectivity index (χ2v) is 4.45. The first kappa shape index (κ1) is 13.6. The van der Waals surface area contributed by atoms with Crippen LogP contribution < -0.4 is 14.8 Å². The monoisotopic (exact) mass is 261 g/mol. The average molecular weight is 261 g/mol. The minimum absolute atomic E-state index is 0.226. The summed E-state index contributed by atoms with van der Waals surface area (Å²) in [5.41, 5.74) is 1.28. The minimum atomic E-state index is -0.226. The van der Waals surface area contributed by atoms with Gasteiger partial charge >= 0.3 is 5.97 Å². The number of benzene rings is 1. The van der Waals surface area contributed by atoms with Crippen LogP contribution in [-0.4, -0.2) is 26.2 Å². The second-order valence-electron chi connectivity index (χ2n) is 4.45. The minimum Gasteiger partial charge on any atom is -0.493 e. The third-order valence-electron chi connectivity index (χ3n) is 3.05. The number of rotatable bonds is 5. The van der Waals surface area contributed by atoms with Crippen LogP contribution in [0.5, 0.6) is 11.5 Å². The number of ether oxygens (including phenoxy) is 2. The van der Waals surface area contributed by atoms with Crippen LogP contribution in [0.4, 0.5) is 0 Å². The molecule has 0 unspecified atom stereocenters. The van der Waals surface area contributed by atoms with E-state index in [-0.39, 0.29) is 5.97 Å². The Morgan fingerprint density at radius 2 is 2.11 bits per heavy atom. The molecule has 0 saturated heterocycles. The molecular formula is C15H19NO3. The molecular weight excluding hydrogens is 242 g/mol. The Bertz CT molecular complexity index is 468. The van der Waals surface area contributed by atoms with Crippen molar-refractivity contribution in [3.63, 3.8) is 0 Å². The summed E-state index contributed by atoms with van der Waals surface area (Å²) in [6.45, 7) is 1.90. The molecule has 0 radical (unpaired) electrons. The molecule has 0 spiro atoms. The quantitative estimate of drug-likeness (QED) is 0.502. The van der Waals surface area contributed by atoms with Crippen LogP contribution in [0, 0.1) is 0 Å². The molecule has 2 rings (SSSR count). The predicted molar refractivity (Wildman–Crippen MR) is 73.4 cm³/mol. The van der Waals surface area contributed by atoms with E-state index in [0.29, 0.717) is 17.9 Å². The van der Waals surface area contributed by atoms with Crippen LogP contribution in [0.15, 0.2) is 35.9 Å². The standard InChI is InChI=1S/C15H19NO3/c1-18-13-6-2-3-7-14(13)19-15(17)9-8-12-5-4-10-16-11-12/h2-3,5-7,16H,4,8-11H2,1H3. The van der Waals surface area contributed by atoms with Gasteiger partial charge in [0.05, 0.1) is 7.11 Å². The van der Waals surface area contributed by atoms with Crippen molar-refractivity contribution >= 4 is 5.97 Å². The lowest BCUT2D eigenvalue weighted by molar-refractivity contribution is -0.134. The van der Waals surface area contributed by atoms with E-state index in [1.807, 2.05) is 12.1 Å². The molecule has 19 heavy (non-hydrogen) atoms. The fraction of sp³-hybridized carbons (Fsp3) is 0.400. The van der Waals surface area contributed by atoms with E-state index in [4.69, 9.17) is 9.47 Å². The molecule has 1 heterocycles. The maximum Gasteiger partial charge on any atom is 0.311 e. The molecule has 4 heteroatoms. The van der Waals surface area contributed by atoms with E-state index in [0.717, 1.165) is 25.9 Å². The fourth-order valence-electron chi connectivity index (χ4n) is 2.03. The SMILES string of the molecule is COc1ccccc1OC(=O)CCC1=CCCNC1. The van der Waals surface area contributed by atoms with E-state index >= 15 is 0 Å². The Morgan fingerprint density at radius 3 is 2.79 bits per heavy atom. The first-order chi connectivity index (χ1) is 9.29. The molecule has 1 aliphatic heterocycles. The van der Waals surface area contributed by atoms with Crippen LogP contribution in [0.2, 0.25) is 0 Å². The smallest absolute Gasteiger partial charge is 0.311 e. The van der Waals surface area contributed by atoms with Crippen molar-refractivity contribution in [1.82, 2.24) is 5.32 Å². The molecule has 1 aliphatic rings. The summed E-state index contributed by atoms with van der Waals surface area (Å²) >= 11 is 0. The number of esters is 1. The van der Waals surface area contributed by atoms with Gasteiger partial charge in [-0.3, -0.25) is 4.79 Å². The highest BCUT2D eigenvalue weighted by molar-refractivity contribution is 5.73. The van der Waals surface area contributed by atoms with E-state index < -0.39 is 0 Å². The van der Waals surface area contributed by atoms with Gasteiger partial charge in [0, 0.05) is 13.0 Å². The molecule has 1 N–H and O–H groups in total. The van der Waals surface area contributed by atoms with Crippen LogP contribution in [-0.2, 0) is 4.79 Å². The van der Waals surface area contributed by atoms with Crippen molar-refractivity contribution in [2.24, 2.45) is 0 Å².